The highest BCUT2D eigenvalue weighted by atomic mass is 19.4. The molecule has 27 heavy (non-hydrogen) atoms. The Hall–Kier alpha value is -2.41. The lowest BCUT2D eigenvalue weighted by Crippen LogP contribution is -2.25. The highest BCUT2D eigenvalue weighted by molar-refractivity contribution is 5.94. The first kappa shape index (κ1) is 19.4. The van der Waals surface area contributed by atoms with E-state index in [1.807, 2.05) is 6.07 Å². The zero-order valence-electron chi connectivity index (χ0n) is 14.7. The maximum Gasteiger partial charge on any atom is 0.416 e. The first-order valence-corrected chi connectivity index (χ1v) is 8.78. The predicted octanol–water partition coefficient (Wildman–Crippen LogP) is 4.37. The molecule has 0 unspecified atom stereocenters. The standard InChI is InChI=1S/C20H20F4N2O/c21-17-7-6-16(18(11-17)20(22,23)24)12-25-19(27)15-5-3-4-14(10-15)13-26-8-1-2-9-26/h3-7,10-11H,1-2,8-9,12-13H2,(H,25,27). The largest absolute Gasteiger partial charge is 0.416 e. The van der Waals surface area contributed by atoms with Crippen molar-refractivity contribution in [3.63, 3.8) is 0 Å². The van der Waals surface area contributed by atoms with Crippen molar-refractivity contribution in [2.45, 2.75) is 32.1 Å². The molecule has 0 spiro atoms. The van der Waals surface area contributed by atoms with Crippen LogP contribution in [0.3, 0.4) is 0 Å². The van der Waals surface area contributed by atoms with E-state index in [9.17, 15) is 22.4 Å². The molecule has 0 atom stereocenters. The van der Waals surface area contributed by atoms with Gasteiger partial charge < -0.3 is 5.32 Å². The summed E-state index contributed by atoms with van der Waals surface area (Å²) in [5.41, 5.74) is 0.126. The van der Waals surface area contributed by atoms with Gasteiger partial charge in [0, 0.05) is 18.7 Å². The number of likely N-dealkylation sites (tertiary alicyclic amines) is 1. The molecule has 0 saturated carbocycles. The molecule has 0 aromatic heterocycles. The highest BCUT2D eigenvalue weighted by Gasteiger charge is 2.33. The molecule has 1 amide bonds. The van der Waals surface area contributed by atoms with Gasteiger partial charge in [0.05, 0.1) is 5.56 Å². The minimum Gasteiger partial charge on any atom is -0.348 e. The quantitative estimate of drug-likeness (QED) is 0.782. The summed E-state index contributed by atoms with van der Waals surface area (Å²) >= 11 is 0. The molecule has 1 fully saturated rings. The summed E-state index contributed by atoms with van der Waals surface area (Å²) in [4.78, 5) is 14.7. The third kappa shape index (κ3) is 5.07. The maximum atomic E-state index is 13.2. The first-order valence-electron chi connectivity index (χ1n) is 8.78. The summed E-state index contributed by atoms with van der Waals surface area (Å²) in [6.07, 6.45) is -2.35. The van der Waals surface area contributed by atoms with Crippen LogP contribution in [0.15, 0.2) is 42.5 Å². The molecule has 1 aliphatic heterocycles. The van der Waals surface area contributed by atoms with Crippen LogP contribution in [0.1, 0.15) is 39.9 Å². The number of halogens is 4. The van der Waals surface area contributed by atoms with Gasteiger partial charge in [-0.15, -0.1) is 0 Å². The average Bonchev–Trinajstić information content (AvgIpc) is 3.13. The second-order valence-electron chi connectivity index (χ2n) is 6.67. The summed E-state index contributed by atoms with van der Waals surface area (Å²) in [6, 6.07) is 9.51. The van der Waals surface area contributed by atoms with Gasteiger partial charge in [0.1, 0.15) is 5.82 Å². The Labute approximate surface area is 155 Å². The van der Waals surface area contributed by atoms with Crippen molar-refractivity contribution in [3.05, 3.63) is 70.5 Å². The van der Waals surface area contributed by atoms with Gasteiger partial charge in [0.2, 0.25) is 0 Å². The van der Waals surface area contributed by atoms with Gasteiger partial charge in [0.25, 0.3) is 5.91 Å². The fraction of sp³-hybridized carbons (Fsp3) is 0.350. The van der Waals surface area contributed by atoms with Gasteiger partial charge in [-0.05, 0) is 61.3 Å². The molecule has 1 saturated heterocycles. The molecule has 1 aliphatic rings. The number of benzene rings is 2. The van der Waals surface area contributed by atoms with Crippen LogP contribution in [0, 0.1) is 5.82 Å². The molecule has 2 aromatic rings. The van der Waals surface area contributed by atoms with Crippen molar-refractivity contribution in [1.29, 1.82) is 0 Å². The topological polar surface area (TPSA) is 32.3 Å². The lowest BCUT2D eigenvalue weighted by molar-refractivity contribution is -0.138. The number of amides is 1. The number of alkyl halides is 3. The van der Waals surface area contributed by atoms with E-state index in [1.165, 1.54) is 12.8 Å². The Morgan fingerprint density at radius 2 is 1.81 bits per heavy atom. The monoisotopic (exact) mass is 380 g/mol. The lowest BCUT2D eigenvalue weighted by Gasteiger charge is -2.16. The van der Waals surface area contributed by atoms with Crippen molar-refractivity contribution in [1.82, 2.24) is 10.2 Å². The summed E-state index contributed by atoms with van der Waals surface area (Å²) in [5.74, 6) is -1.43. The summed E-state index contributed by atoms with van der Waals surface area (Å²) in [6.45, 7) is 2.48. The molecule has 144 valence electrons. The molecule has 3 nitrogen and oxygen atoms in total. The molecule has 1 N–H and O–H groups in total. The van der Waals surface area contributed by atoms with E-state index in [4.69, 9.17) is 0 Å². The van der Waals surface area contributed by atoms with E-state index in [0.29, 0.717) is 11.6 Å². The Morgan fingerprint density at radius 1 is 1.07 bits per heavy atom. The van der Waals surface area contributed by atoms with Gasteiger partial charge in [-0.2, -0.15) is 13.2 Å². The third-order valence-electron chi connectivity index (χ3n) is 4.61. The highest BCUT2D eigenvalue weighted by Crippen LogP contribution is 2.32. The Bertz CT molecular complexity index is 814. The fourth-order valence-electron chi connectivity index (χ4n) is 3.25. The SMILES string of the molecule is O=C(NCc1ccc(F)cc1C(F)(F)F)c1cccc(CN2CCCC2)c1. The van der Waals surface area contributed by atoms with Crippen LogP contribution in [0.25, 0.3) is 0 Å². The number of carbonyl (C=O) groups excluding carboxylic acids is 1. The number of rotatable bonds is 5. The molecule has 7 heteroatoms. The lowest BCUT2D eigenvalue weighted by atomic mass is 10.1. The first-order chi connectivity index (χ1) is 12.8. The zero-order chi connectivity index (χ0) is 19.4. The second kappa shape index (κ2) is 8.08. The van der Waals surface area contributed by atoms with Crippen molar-refractivity contribution in [2.24, 2.45) is 0 Å². The molecule has 0 radical (unpaired) electrons. The number of nitrogens with one attached hydrogen (secondary N) is 1. The van der Waals surface area contributed by atoms with Gasteiger partial charge in [0.15, 0.2) is 0 Å². The number of carbonyl (C=O) groups is 1. The van der Waals surface area contributed by atoms with E-state index in [2.05, 4.69) is 10.2 Å². The van der Waals surface area contributed by atoms with Crippen LogP contribution >= 0.6 is 0 Å². The molecule has 3 rings (SSSR count). The van der Waals surface area contributed by atoms with E-state index < -0.39 is 23.5 Å². The van der Waals surface area contributed by atoms with Crippen molar-refractivity contribution < 1.29 is 22.4 Å². The number of nitrogens with zero attached hydrogens (tertiary/aromatic N) is 1. The smallest absolute Gasteiger partial charge is 0.348 e. The Morgan fingerprint density at radius 3 is 2.52 bits per heavy atom. The molecule has 0 aliphatic carbocycles. The second-order valence-corrected chi connectivity index (χ2v) is 6.67. The van der Waals surface area contributed by atoms with Crippen molar-refractivity contribution in [2.75, 3.05) is 13.1 Å². The van der Waals surface area contributed by atoms with E-state index >= 15 is 0 Å². The molecule has 1 heterocycles. The van der Waals surface area contributed by atoms with E-state index in [-0.39, 0.29) is 12.1 Å². The minimum atomic E-state index is -4.68. The number of hydrogen-bond acceptors (Lipinski definition) is 2. The van der Waals surface area contributed by atoms with Crippen LogP contribution in [0.4, 0.5) is 17.6 Å². The molecular formula is C20H20F4N2O. The Kier molecular flexibility index (Phi) is 5.79. The van der Waals surface area contributed by atoms with Crippen LogP contribution < -0.4 is 5.32 Å². The van der Waals surface area contributed by atoms with Crippen molar-refractivity contribution >= 4 is 5.91 Å². The molecule has 2 aromatic carbocycles. The fourth-order valence-corrected chi connectivity index (χ4v) is 3.25. The van der Waals surface area contributed by atoms with Crippen LogP contribution in [0.2, 0.25) is 0 Å². The summed E-state index contributed by atoms with van der Waals surface area (Å²) < 4.78 is 52.3. The van der Waals surface area contributed by atoms with Gasteiger partial charge in [-0.1, -0.05) is 18.2 Å². The van der Waals surface area contributed by atoms with Crippen LogP contribution in [-0.4, -0.2) is 23.9 Å². The van der Waals surface area contributed by atoms with Gasteiger partial charge in [-0.3, -0.25) is 9.69 Å². The summed E-state index contributed by atoms with van der Waals surface area (Å²) in [5, 5.41) is 2.49. The van der Waals surface area contributed by atoms with Crippen LogP contribution in [-0.2, 0) is 19.3 Å². The number of hydrogen-bond donors (Lipinski definition) is 1. The average molecular weight is 380 g/mol. The van der Waals surface area contributed by atoms with Crippen molar-refractivity contribution in [3.8, 4) is 0 Å². The maximum absolute atomic E-state index is 13.2. The normalized spacial score (nSPS) is 15.1. The van der Waals surface area contributed by atoms with Gasteiger partial charge >= 0.3 is 6.18 Å². The molecular weight excluding hydrogens is 360 g/mol. The Balaban J connectivity index is 1.68. The third-order valence-corrected chi connectivity index (χ3v) is 4.61. The molecule has 0 bridgehead atoms. The van der Waals surface area contributed by atoms with E-state index in [0.717, 1.165) is 37.3 Å². The van der Waals surface area contributed by atoms with E-state index in [1.54, 1.807) is 18.2 Å². The minimum absolute atomic E-state index is 0.175. The van der Waals surface area contributed by atoms with Gasteiger partial charge in [-0.25, -0.2) is 4.39 Å². The van der Waals surface area contributed by atoms with Crippen LogP contribution in [0.5, 0.6) is 0 Å². The zero-order valence-corrected chi connectivity index (χ0v) is 14.7. The predicted molar refractivity (Wildman–Crippen MR) is 93.5 cm³/mol. The summed E-state index contributed by atoms with van der Waals surface area (Å²) in [7, 11) is 0.